The number of fused-ring (bicyclic) bond motifs is 1. The maximum atomic E-state index is 13.7. The maximum absolute atomic E-state index is 13.7. The van der Waals surface area contributed by atoms with Crippen LogP contribution in [0.3, 0.4) is 0 Å². The number of nitrogens with one attached hydrogen (secondary N) is 6. The van der Waals surface area contributed by atoms with Crippen molar-refractivity contribution in [2.24, 2.45) is 0 Å². The van der Waals surface area contributed by atoms with E-state index in [-0.39, 0.29) is 37.6 Å². The predicted molar refractivity (Wildman–Crippen MR) is 174 cm³/mol. The molecule has 0 spiro atoms. The van der Waals surface area contributed by atoms with Gasteiger partial charge in [-0.2, -0.15) is 0 Å². The predicted octanol–water partition coefficient (Wildman–Crippen LogP) is 1.56. The minimum absolute atomic E-state index is 0.0406. The maximum Gasteiger partial charge on any atom is 0.255 e. The largest absolute Gasteiger partial charge is 0.493 e. The van der Waals surface area contributed by atoms with Crippen molar-refractivity contribution in [3.05, 3.63) is 83.9 Å². The second-order valence-corrected chi connectivity index (χ2v) is 11.4. The highest BCUT2D eigenvalue weighted by Crippen LogP contribution is 2.19. The molecule has 2 aromatic carbocycles. The summed E-state index contributed by atoms with van der Waals surface area (Å²) >= 11 is 0. The average Bonchev–Trinajstić information content (AvgIpc) is 3.59. The summed E-state index contributed by atoms with van der Waals surface area (Å²) in [6.07, 6.45) is 4.55. The lowest BCUT2D eigenvalue weighted by Crippen LogP contribution is -2.56. The molecule has 0 saturated carbocycles. The fourth-order valence-corrected chi connectivity index (χ4v) is 5.20. The fraction of sp³-hybridized carbons (Fsp3) is 0.412. The minimum Gasteiger partial charge on any atom is -0.493 e. The summed E-state index contributed by atoms with van der Waals surface area (Å²) in [5.74, 6) is -2.45. The van der Waals surface area contributed by atoms with Gasteiger partial charge in [-0.05, 0) is 37.0 Å². The minimum atomic E-state index is -1.25. The van der Waals surface area contributed by atoms with Gasteiger partial charge in [-0.25, -0.2) is 4.98 Å². The molecule has 4 rings (SSSR count). The number of ether oxygens (including phenoxy) is 1. The van der Waals surface area contributed by atoms with Crippen molar-refractivity contribution < 1.29 is 28.7 Å². The summed E-state index contributed by atoms with van der Waals surface area (Å²) in [6, 6.07) is 12.4. The van der Waals surface area contributed by atoms with Gasteiger partial charge in [0.25, 0.3) is 5.91 Å². The summed E-state index contributed by atoms with van der Waals surface area (Å²) in [4.78, 5) is 74.5. The van der Waals surface area contributed by atoms with E-state index < -0.39 is 54.1 Å². The Morgan fingerprint density at radius 3 is 2.36 bits per heavy atom. The van der Waals surface area contributed by atoms with Crippen LogP contribution in [0.1, 0.15) is 61.1 Å². The number of benzene rings is 2. The molecule has 1 aliphatic heterocycles. The van der Waals surface area contributed by atoms with Crippen molar-refractivity contribution in [1.29, 1.82) is 0 Å². The van der Waals surface area contributed by atoms with E-state index >= 15 is 0 Å². The zero-order chi connectivity index (χ0) is 33.6. The van der Waals surface area contributed by atoms with Gasteiger partial charge in [0, 0.05) is 37.3 Å². The molecule has 0 radical (unpaired) electrons. The number of para-hydroxylation sites is 1. The Labute approximate surface area is 274 Å². The molecule has 6 N–H and O–H groups in total. The number of hydrogen-bond donors (Lipinski definition) is 6. The third-order valence-corrected chi connectivity index (χ3v) is 7.90. The molecule has 13 nitrogen and oxygen atoms in total. The van der Waals surface area contributed by atoms with Crippen molar-refractivity contribution in [3.63, 3.8) is 0 Å². The SMILES string of the molecule is CCC(CC)NC(=O)[C@@H]1CC(=O)N[C@@H](Cc2cnc[nH]2)C(=O)N[C@@H](Cc2ccccc2)C(=O)NCCCOc2ccccc2C(=O)N1. The van der Waals surface area contributed by atoms with Gasteiger partial charge in [-0.3, -0.25) is 24.0 Å². The van der Waals surface area contributed by atoms with Gasteiger partial charge in [0.05, 0.1) is 24.9 Å². The van der Waals surface area contributed by atoms with E-state index in [4.69, 9.17) is 4.74 Å². The summed E-state index contributed by atoms with van der Waals surface area (Å²) < 4.78 is 5.89. The number of hydrogen-bond acceptors (Lipinski definition) is 7. The van der Waals surface area contributed by atoms with Crippen molar-refractivity contribution in [2.75, 3.05) is 13.2 Å². The van der Waals surface area contributed by atoms with Crippen LogP contribution >= 0.6 is 0 Å². The molecule has 1 aromatic heterocycles. The normalized spacial score (nSPS) is 19.9. The Bertz CT molecular complexity index is 1490. The molecule has 47 heavy (non-hydrogen) atoms. The van der Waals surface area contributed by atoms with E-state index in [2.05, 4.69) is 36.6 Å². The fourth-order valence-electron chi connectivity index (χ4n) is 5.20. The molecule has 3 aromatic rings. The molecule has 0 bridgehead atoms. The number of aromatic nitrogens is 2. The molecule has 0 aliphatic carbocycles. The highest BCUT2D eigenvalue weighted by Gasteiger charge is 2.31. The second kappa shape index (κ2) is 17.5. The van der Waals surface area contributed by atoms with E-state index in [0.29, 0.717) is 30.7 Å². The third kappa shape index (κ3) is 10.4. The summed E-state index contributed by atoms with van der Waals surface area (Å²) in [6.45, 7) is 4.30. The number of carbonyl (C=O) groups is 5. The van der Waals surface area contributed by atoms with Crippen molar-refractivity contribution >= 4 is 29.5 Å². The van der Waals surface area contributed by atoms with Gasteiger partial charge in [0.15, 0.2) is 0 Å². The average molecular weight is 646 g/mol. The summed E-state index contributed by atoms with van der Waals surface area (Å²) in [5.41, 5.74) is 1.61. The molecule has 1 aliphatic rings. The van der Waals surface area contributed by atoms with Crippen molar-refractivity contribution in [3.8, 4) is 5.75 Å². The van der Waals surface area contributed by atoms with E-state index in [1.54, 1.807) is 24.3 Å². The number of carbonyl (C=O) groups excluding carboxylic acids is 5. The van der Waals surface area contributed by atoms with Crippen LogP contribution in [0.25, 0.3) is 0 Å². The lowest BCUT2D eigenvalue weighted by molar-refractivity contribution is -0.133. The highest BCUT2D eigenvalue weighted by atomic mass is 16.5. The lowest BCUT2D eigenvalue weighted by atomic mass is 10.0. The molecular weight excluding hydrogens is 602 g/mol. The Hall–Kier alpha value is -5.20. The molecule has 5 amide bonds. The van der Waals surface area contributed by atoms with Gasteiger partial charge in [-0.1, -0.05) is 56.3 Å². The first-order chi connectivity index (χ1) is 22.8. The molecule has 3 atom stereocenters. The van der Waals surface area contributed by atoms with Crippen molar-refractivity contribution in [1.82, 2.24) is 36.6 Å². The topological polar surface area (TPSA) is 183 Å². The molecule has 0 saturated heterocycles. The van der Waals surface area contributed by atoms with Crippen LogP contribution in [0.2, 0.25) is 0 Å². The molecule has 0 fully saturated rings. The summed E-state index contributed by atoms with van der Waals surface area (Å²) in [7, 11) is 0. The van der Waals surface area contributed by atoms with Crippen LogP contribution in [0, 0.1) is 0 Å². The zero-order valence-electron chi connectivity index (χ0n) is 26.7. The lowest BCUT2D eigenvalue weighted by Gasteiger charge is -2.25. The number of aromatic amines is 1. The van der Waals surface area contributed by atoms with Gasteiger partial charge in [0.1, 0.15) is 23.9 Å². The molecule has 2 heterocycles. The van der Waals surface area contributed by atoms with Crippen LogP contribution in [0.4, 0.5) is 0 Å². The standard InChI is InChI=1S/C34H43N7O6/c1-3-23(4-2)38-33(45)28-19-30(42)39-27(18-24-20-35-21-37-24)34(46)41-26(17-22-11-6-5-7-12-22)32(44)36-15-10-16-47-29-14-9-8-13-25(29)31(43)40-28/h5-9,11-14,20-21,23,26-28H,3-4,10,15-19H2,1-2H3,(H,35,37)(H,36,44)(H,38,45)(H,39,42)(H,40,43)(H,41,46)/t26-,27-,28-/m0/s1. The zero-order valence-corrected chi connectivity index (χ0v) is 26.7. The Kier molecular flexibility index (Phi) is 12.9. The van der Waals surface area contributed by atoms with Gasteiger partial charge in [0.2, 0.25) is 23.6 Å². The first kappa shape index (κ1) is 34.7. The van der Waals surface area contributed by atoms with Crippen LogP contribution in [0.5, 0.6) is 5.75 Å². The molecule has 250 valence electrons. The number of imidazole rings is 1. The Morgan fingerprint density at radius 1 is 0.915 bits per heavy atom. The van der Waals surface area contributed by atoms with Crippen LogP contribution in [0.15, 0.2) is 67.1 Å². The van der Waals surface area contributed by atoms with Crippen LogP contribution < -0.4 is 31.3 Å². The Morgan fingerprint density at radius 2 is 1.64 bits per heavy atom. The number of H-pyrrole nitrogens is 1. The van der Waals surface area contributed by atoms with E-state index in [1.807, 2.05) is 44.2 Å². The van der Waals surface area contributed by atoms with Gasteiger partial charge < -0.3 is 36.3 Å². The molecule has 13 heteroatoms. The number of amides is 5. The number of rotatable bonds is 8. The summed E-state index contributed by atoms with van der Waals surface area (Å²) in [5, 5.41) is 14.0. The van der Waals surface area contributed by atoms with E-state index in [9.17, 15) is 24.0 Å². The smallest absolute Gasteiger partial charge is 0.255 e. The van der Waals surface area contributed by atoms with E-state index in [0.717, 1.165) is 5.56 Å². The highest BCUT2D eigenvalue weighted by molar-refractivity contribution is 6.01. The first-order valence-electron chi connectivity index (χ1n) is 16.0. The number of nitrogens with zero attached hydrogens (tertiary/aromatic N) is 1. The second-order valence-electron chi connectivity index (χ2n) is 11.4. The molecule has 0 unspecified atom stereocenters. The van der Waals surface area contributed by atoms with Crippen LogP contribution in [-0.4, -0.2) is 76.8 Å². The van der Waals surface area contributed by atoms with E-state index in [1.165, 1.54) is 12.5 Å². The van der Waals surface area contributed by atoms with Gasteiger partial charge >= 0.3 is 0 Å². The van der Waals surface area contributed by atoms with Crippen LogP contribution in [-0.2, 0) is 32.0 Å². The quantitative estimate of drug-likeness (QED) is 0.215. The monoisotopic (exact) mass is 645 g/mol. The van der Waals surface area contributed by atoms with Crippen molar-refractivity contribution in [2.45, 2.75) is 76.5 Å². The molecular formula is C34H43N7O6. The Balaban J connectivity index is 1.65. The van der Waals surface area contributed by atoms with Gasteiger partial charge in [-0.15, -0.1) is 0 Å². The third-order valence-electron chi connectivity index (χ3n) is 7.90. The first-order valence-corrected chi connectivity index (χ1v) is 16.0.